The van der Waals surface area contributed by atoms with Gasteiger partial charge in [0.2, 0.25) is 5.91 Å². The van der Waals surface area contributed by atoms with Crippen molar-refractivity contribution in [2.75, 3.05) is 23.7 Å². The number of aliphatic imine (C=N–C) groups is 1. The lowest BCUT2D eigenvalue weighted by molar-refractivity contribution is -0.114. The van der Waals surface area contributed by atoms with Gasteiger partial charge < -0.3 is 10.1 Å². The molecule has 1 heterocycles. The normalized spacial score (nSPS) is 14.5. The van der Waals surface area contributed by atoms with E-state index in [1.165, 1.54) is 56.5 Å². The summed E-state index contributed by atoms with van der Waals surface area (Å²) < 4.78 is 61.4. The van der Waals surface area contributed by atoms with Crippen LogP contribution in [0.1, 0.15) is 32.6 Å². The summed E-state index contributed by atoms with van der Waals surface area (Å²) in [6.45, 7) is 1.86. The van der Waals surface area contributed by atoms with Gasteiger partial charge in [0.15, 0.2) is 0 Å². The number of benzene rings is 2. The SMILES string of the molecule is COc1ccc(S(=O)(=O)Nc2cccc(S(=O)(=O)NC3=NCCCCC3)c2)cc1NC(C)=O. The summed E-state index contributed by atoms with van der Waals surface area (Å²) in [6, 6.07) is 9.48. The van der Waals surface area contributed by atoms with Crippen molar-refractivity contribution in [3.63, 3.8) is 0 Å². The number of carbonyl (C=O) groups is 1. The Bertz CT molecular complexity index is 1270. The molecule has 1 aliphatic heterocycles. The van der Waals surface area contributed by atoms with E-state index in [0.29, 0.717) is 24.6 Å². The van der Waals surface area contributed by atoms with E-state index in [0.717, 1.165) is 19.3 Å². The highest BCUT2D eigenvalue weighted by atomic mass is 32.2. The monoisotopic (exact) mass is 494 g/mol. The number of carbonyl (C=O) groups excluding carboxylic acids is 1. The van der Waals surface area contributed by atoms with Crippen molar-refractivity contribution in [1.29, 1.82) is 0 Å². The maximum Gasteiger partial charge on any atom is 0.262 e. The second-order valence-electron chi connectivity index (χ2n) is 7.42. The van der Waals surface area contributed by atoms with Crippen LogP contribution in [0, 0.1) is 0 Å². The smallest absolute Gasteiger partial charge is 0.262 e. The van der Waals surface area contributed by atoms with Crippen LogP contribution in [0.4, 0.5) is 11.4 Å². The van der Waals surface area contributed by atoms with Crippen LogP contribution in [0.3, 0.4) is 0 Å². The molecule has 0 unspecified atom stereocenters. The zero-order valence-electron chi connectivity index (χ0n) is 18.3. The van der Waals surface area contributed by atoms with Crippen molar-refractivity contribution in [3.8, 4) is 5.75 Å². The summed E-state index contributed by atoms with van der Waals surface area (Å²) in [6.07, 6.45) is 3.29. The van der Waals surface area contributed by atoms with E-state index in [1.54, 1.807) is 0 Å². The maximum absolute atomic E-state index is 12.9. The van der Waals surface area contributed by atoms with Crippen LogP contribution < -0.4 is 19.5 Å². The number of nitrogens with zero attached hydrogens (tertiary/aromatic N) is 1. The van der Waals surface area contributed by atoms with Crippen LogP contribution in [-0.2, 0) is 24.8 Å². The molecule has 1 aliphatic rings. The molecule has 178 valence electrons. The molecular formula is C21H26N4O6S2. The molecule has 3 rings (SSSR count). The Hall–Kier alpha value is -3.12. The van der Waals surface area contributed by atoms with Crippen LogP contribution in [0.25, 0.3) is 0 Å². The number of ether oxygens (including phenoxy) is 1. The zero-order chi connectivity index (χ0) is 24.1. The second kappa shape index (κ2) is 10.2. The number of amidine groups is 1. The minimum absolute atomic E-state index is 0.0672. The number of nitrogens with one attached hydrogen (secondary N) is 3. The molecule has 0 bridgehead atoms. The highest BCUT2D eigenvalue weighted by Crippen LogP contribution is 2.29. The van der Waals surface area contributed by atoms with Gasteiger partial charge in [-0.1, -0.05) is 12.5 Å². The lowest BCUT2D eigenvalue weighted by atomic mass is 10.2. The molecule has 0 aromatic heterocycles. The molecule has 2 aromatic rings. The van der Waals surface area contributed by atoms with E-state index >= 15 is 0 Å². The molecule has 2 aromatic carbocycles. The number of anilines is 2. The fourth-order valence-electron chi connectivity index (χ4n) is 3.25. The van der Waals surface area contributed by atoms with Crippen LogP contribution in [0.2, 0.25) is 0 Å². The molecule has 0 atom stereocenters. The molecule has 0 saturated heterocycles. The van der Waals surface area contributed by atoms with Crippen molar-refractivity contribution in [3.05, 3.63) is 42.5 Å². The van der Waals surface area contributed by atoms with Crippen molar-refractivity contribution < 1.29 is 26.4 Å². The van der Waals surface area contributed by atoms with Gasteiger partial charge in [-0.2, -0.15) is 0 Å². The Balaban J connectivity index is 1.84. The molecule has 0 radical (unpaired) electrons. The zero-order valence-corrected chi connectivity index (χ0v) is 19.9. The van der Waals surface area contributed by atoms with E-state index in [-0.39, 0.29) is 27.1 Å². The van der Waals surface area contributed by atoms with E-state index in [2.05, 4.69) is 19.8 Å². The number of amides is 1. The quantitative estimate of drug-likeness (QED) is 0.540. The number of sulfonamides is 2. The van der Waals surface area contributed by atoms with Crippen molar-refractivity contribution in [2.45, 2.75) is 42.4 Å². The predicted octanol–water partition coefficient (Wildman–Crippen LogP) is 2.71. The largest absolute Gasteiger partial charge is 0.495 e. The molecule has 0 saturated carbocycles. The summed E-state index contributed by atoms with van der Waals surface area (Å²) in [5.41, 5.74) is 0.259. The summed E-state index contributed by atoms with van der Waals surface area (Å²) >= 11 is 0. The van der Waals surface area contributed by atoms with Gasteiger partial charge in [0.25, 0.3) is 20.0 Å². The minimum Gasteiger partial charge on any atom is -0.495 e. The summed E-state index contributed by atoms with van der Waals surface area (Å²) in [7, 11) is -6.62. The number of hydrogen-bond acceptors (Lipinski definition) is 7. The first-order chi connectivity index (χ1) is 15.6. The highest BCUT2D eigenvalue weighted by Gasteiger charge is 2.21. The summed E-state index contributed by atoms with van der Waals surface area (Å²) in [4.78, 5) is 15.5. The standard InChI is InChI=1S/C21H26N4O6S2/c1-15(26)23-19-14-18(10-11-20(19)31-2)32(27,28)24-16-7-6-8-17(13-16)33(29,30)25-21-9-4-3-5-12-22-21/h6-8,10-11,13-14,24H,3-5,9,12H2,1-2H3,(H,22,25)(H,23,26). The van der Waals surface area contributed by atoms with E-state index < -0.39 is 20.0 Å². The van der Waals surface area contributed by atoms with Gasteiger partial charge in [-0.3, -0.25) is 19.2 Å². The van der Waals surface area contributed by atoms with Crippen molar-refractivity contribution in [2.24, 2.45) is 4.99 Å². The first-order valence-electron chi connectivity index (χ1n) is 10.3. The Morgan fingerprint density at radius 2 is 1.67 bits per heavy atom. The Labute approximate surface area is 193 Å². The van der Waals surface area contributed by atoms with Gasteiger partial charge in [0.05, 0.1) is 28.3 Å². The van der Waals surface area contributed by atoms with Crippen LogP contribution in [-0.4, -0.2) is 42.2 Å². The summed E-state index contributed by atoms with van der Waals surface area (Å²) in [5, 5.41) is 2.52. The molecule has 0 spiro atoms. The number of methoxy groups -OCH3 is 1. The van der Waals surface area contributed by atoms with Gasteiger partial charge >= 0.3 is 0 Å². The van der Waals surface area contributed by atoms with Gasteiger partial charge in [-0.15, -0.1) is 0 Å². The van der Waals surface area contributed by atoms with Crippen molar-refractivity contribution >= 4 is 43.2 Å². The third-order valence-electron chi connectivity index (χ3n) is 4.82. The topological polar surface area (TPSA) is 143 Å². The maximum atomic E-state index is 12.9. The molecule has 33 heavy (non-hydrogen) atoms. The van der Waals surface area contributed by atoms with Crippen LogP contribution in [0.5, 0.6) is 5.75 Å². The fraction of sp³-hybridized carbons (Fsp3) is 0.333. The Kier molecular flexibility index (Phi) is 7.59. The van der Waals surface area contributed by atoms with Crippen LogP contribution in [0.15, 0.2) is 57.2 Å². The average molecular weight is 495 g/mol. The summed E-state index contributed by atoms with van der Waals surface area (Å²) in [5.74, 6) is 0.312. The third-order valence-corrected chi connectivity index (χ3v) is 7.57. The van der Waals surface area contributed by atoms with Gasteiger partial charge in [-0.05, 0) is 49.2 Å². The third kappa shape index (κ3) is 6.45. The second-order valence-corrected chi connectivity index (χ2v) is 10.8. The molecule has 12 heteroatoms. The molecule has 1 amide bonds. The predicted molar refractivity (Wildman–Crippen MR) is 126 cm³/mol. The molecule has 0 fully saturated rings. The minimum atomic E-state index is -4.09. The molecular weight excluding hydrogens is 468 g/mol. The highest BCUT2D eigenvalue weighted by molar-refractivity contribution is 7.92. The van der Waals surface area contributed by atoms with E-state index in [4.69, 9.17) is 4.74 Å². The van der Waals surface area contributed by atoms with E-state index in [9.17, 15) is 21.6 Å². The number of hydrogen-bond donors (Lipinski definition) is 3. The van der Waals surface area contributed by atoms with Gasteiger partial charge in [0, 0.05) is 19.9 Å². The lowest BCUT2D eigenvalue weighted by Gasteiger charge is -2.14. The lowest BCUT2D eigenvalue weighted by Crippen LogP contribution is -2.30. The first kappa shape index (κ1) is 24.5. The number of rotatable bonds is 7. The van der Waals surface area contributed by atoms with Crippen molar-refractivity contribution in [1.82, 2.24) is 4.72 Å². The van der Waals surface area contributed by atoms with Gasteiger partial charge in [0.1, 0.15) is 11.6 Å². The van der Waals surface area contributed by atoms with Gasteiger partial charge in [-0.25, -0.2) is 16.8 Å². The Morgan fingerprint density at radius 1 is 0.939 bits per heavy atom. The first-order valence-corrected chi connectivity index (χ1v) is 13.2. The molecule has 3 N–H and O–H groups in total. The average Bonchev–Trinajstić information content (AvgIpc) is 3.01. The molecule has 10 nitrogen and oxygen atoms in total. The van der Waals surface area contributed by atoms with E-state index in [1.807, 2.05) is 0 Å². The van der Waals surface area contributed by atoms with Crippen LogP contribution >= 0.6 is 0 Å². The fourth-order valence-corrected chi connectivity index (χ4v) is 5.46. The Morgan fingerprint density at radius 3 is 2.39 bits per heavy atom. The molecule has 0 aliphatic carbocycles.